The highest BCUT2D eigenvalue weighted by Crippen LogP contribution is 2.28. The number of benzene rings is 1. The van der Waals surface area contributed by atoms with Crippen molar-refractivity contribution in [2.24, 2.45) is 5.92 Å². The van der Waals surface area contributed by atoms with Crippen LogP contribution in [-0.4, -0.2) is 19.8 Å². The second-order valence-electron chi connectivity index (χ2n) is 4.63. The van der Waals surface area contributed by atoms with Gasteiger partial charge in [0, 0.05) is 18.8 Å². The van der Waals surface area contributed by atoms with E-state index in [9.17, 15) is 4.39 Å². The molecule has 0 amide bonds. The van der Waals surface area contributed by atoms with Crippen molar-refractivity contribution in [2.75, 3.05) is 25.1 Å². The van der Waals surface area contributed by atoms with Crippen molar-refractivity contribution in [3.63, 3.8) is 0 Å². The molecule has 0 heterocycles. The van der Waals surface area contributed by atoms with Crippen molar-refractivity contribution in [3.05, 3.63) is 30.1 Å². The van der Waals surface area contributed by atoms with Gasteiger partial charge in [-0.25, -0.2) is 4.39 Å². The molecule has 1 saturated carbocycles. The van der Waals surface area contributed by atoms with Gasteiger partial charge in [0.1, 0.15) is 5.82 Å². The van der Waals surface area contributed by atoms with E-state index in [1.165, 1.54) is 37.8 Å². The van der Waals surface area contributed by atoms with Gasteiger partial charge in [-0.15, -0.1) is 0 Å². The number of rotatable bonds is 7. The lowest BCUT2D eigenvalue weighted by atomic mass is 9.83. The van der Waals surface area contributed by atoms with Gasteiger partial charge in [-0.1, -0.05) is 19.3 Å². The maximum absolute atomic E-state index is 12.6. The van der Waals surface area contributed by atoms with Gasteiger partial charge in [0.2, 0.25) is 0 Å². The van der Waals surface area contributed by atoms with E-state index in [1.807, 2.05) is 0 Å². The van der Waals surface area contributed by atoms with E-state index >= 15 is 0 Å². The molecule has 0 spiro atoms. The molecule has 0 bridgehead atoms. The lowest BCUT2D eigenvalue weighted by Crippen LogP contribution is -2.15. The summed E-state index contributed by atoms with van der Waals surface area (Å²) in [5.41, 5.74) is 0.939. The maximum Gasteiger partial charge on any atom is 0.123 e. The van der Waals surface area contributed by atoms with Crippen LogP contribution >= 0.6 is 0 Å². The van der Waals surface area contributed by atoms with Crippen molar-refractivity contribution in [2.45, 2.75) is 25.7 Å². The molecule has 0 radical (unpaired) electrons. The average Bonchev–Trinajstić information content (AvgIpc) is 2.28. The molecule has 0 atom stereocenters. The predicted molar refractivity (Wildman–Crippen MR) is 67.7 cm³/mol. The largest absolute Gasteiger partial charge is 0.383 e. The minimum absolute atomic E-state index is 0.202. The first-order valence-corrected chi connectivity index (χ1v) is 6.42. The van der Waals surface area contributed by atoms with E-state index in [4.69, 9.17) is 4.74 Å². The summed E-state index contributed by atoms with van der Waals surface area (Å²) in [6.45, 7) is 2.36. The zero-order valence-electron chi connectivity index (χ0n) is 10.1. The second-order valence-corrected chi connectivity index (χ2v) is 4.63. The summed E-state index contributed by atoms with van der Waals surface area (Å²) in [5, 5.41) is 3.20. The van der Waals surface area contributed by atoms with Crippen molar-refractivity contribution in [1.29, 1.82) is 0 Å². The van der Waals surface area contributed by atoms with E-state index in [1.54, 1.807) is 12.1 Å². The summed E-state index contributed by atoms with van der Waals surface area (Å²) in [7, 11) is 0. The SMILES string of the molecule is Fc1ccc(NCCOCCC2CCC2)cc1. The molecule has 1 N–H and O–H groups in total. The molecule has 3 heteroatoms. The highest BCUT2D eigenvalue weighted by atomic mass is 19.1. The fraction of sp³-hybridized carbons (Fsp3) is 0.571. The Morgan fingerprint density at radius 2 is 1.94 bits per heavy atom. The Morgan fingerprint density at radius 1 is 1.18 bits per heavy atom. The summed E-state index contributed by atoms with van der Waals surface area (Å²) in [6, 6.07) is 6.40. The van der Waals surface area contributed by atoms with Gasteiger partial charge in [-0.3, -0.25) is 0 Å². The number of ether oxygens (including phenoxy) is 1. The number of anilines is 1. The molecule has 0 aromatic heterocycles. The monoisotopic (exact) mass is 237 g/mol. The average molecular weight is 237 g/mol. The zero-order valence-corrected chi connectivity index (χ0v) is 10.1. The smallest absolute Gasteiger partial charge is 0.123 e. The van der Waals surface area contributed by atoms with Crippen LogP contribution in [0.25, 0.3) is 0 Å². The Morgan fingerprint density at radius 3 is 2.59 bits per heavy atom. The van der Waals surface area contributed by atoms with E-state index in [-0.39, 0.29) is 5.82 Å². The first-order chi connectivity index (χ1) is 8.34. The molecule has 2 nitrogen and oxygen atoms in total. The molecule has 1 aromatic rings. The molecule has 0 saturated heterocycles. The van der Waals surface area contributed by atoms with Crippen LogP contribution in [0.1, 0.15) is 25.7 Å². The molecule has 1 aliphatic rings. The first-order valence-electron chi connectivity index (χ1n) is 6.42. The van der Waals surface area contributed by atoms with Crippen LogP contribution in [0.2, 0.25) is 0 Å². The molecule has 94 valence electrons. The Kier molecular flexibility index (Phi) is 4.80. The lowest BCUT2D eigenvalue weighted by Gasteiger charge is -2.24. The Bertz CT molecular complexity index is 321. The molecule has 1 aromatic carbocycles. The van der Waals surface area contributed by atoms with Crippen molar-refractivity contribution in [1.82, 2.24) is 0 Å². The van der Waals surface area contributed by atoms with Crippen LogP contribution in [0.3, 0.4) is 0 Å². The van der Waals surface area contributed by atoms with Crippen LogP contribution in [0.15, 0.2) is 24.3 Å². The summed E-state index contributed by atoms with van der Waals surface area (Å²) in [4.78, 5) is 0. The van der Waals surface area contributed by atoms with Gasteiger partial charge in [0.15, 0.2) is 0 Å². The highest BCUT2D eigenvalue weighted by molar-refractivity contribution is 5.42. The van der Waals surface area contributed by atoms with Crippen LogP contribution in [0.5, 0.6) is 0 Å². The normalized spacial score (nSPS) is 15.6. The van der Waals surface area contributed by atoms with Crippen LogP contribution in [-0.2, 0) is 4.74 Å². The topological polar surface area (TPSA) is 21.3 Å². The third-order valence-electron chi connectivity index (χ3n) is 3.31. The van der Waals surface area contributed by atoms with Gasteiger partial charge in [-0.2, -0.15) is 0 Å². The van der Waals surface area contributed by atoms with E-state index in [0.29, 0.717) is 6.61 Å². The Labute approximate surface area is 102 Å². The van der Waals surface area contributed by atoms with Gasteiger partial charge in [-0.05, 0) is 36.6 Å². The Balaban J connectivity index is 1.49. The summed E-state index contributed by atoms with van der Waals surface area (Å²) in [5.74, 6) is 0.715. The van der Waals surface area contributed by atoms with Crippen molar-refractivity contribution < 1.29 is 9.13 Å². The molecular formula is C14H20FNO. The van der Waals surface area contributed by atoms with Gasteiger partial charge in [0.25, 0.3) is 0 Å². The van der Waals surface area contributed by atoms with E-state index in [2.05, 4.69) is 5.32 Å². The summed E-state index contributed by atoms with van der Waals surface area (Å²) < 4.78 is 18.2. The van der Waals surface area contributed by atoms with Crippen molar-refractivity contribution in [3.8, 4) is 0 Å². The maximum atomic E-state index is 12.6. The number of hydrogen-bond acceptors (Lipinski definition) is 2. The van der Waals surface area contributed by atoms with Crippen LogP contribution in [0.4, 0.5) is 10.1 Å². The molecular weight excluding hydrogens is 217 g/mol. The van der Waals surface area contributed by atoms with Gasteiger partial charge >= 0.3 is 0 Å². The van der Waals surface area contributed by atoms with E-state index < -0.39 is 0 Å². The standard InChI is InChI=1S/C14H20FNO/c15-13-4-6-14(7-5-13)16-9-11-17-10-8-12-2-1-3-12/h4-7,12,16H,1-3,8-11H2. The van der Waals surface area contributed by atoms with Crippen LogP contribution in [0, 0.1) is 11.7 Å². The fourth-order valence-corrected chi connectivity index (χ4v) is 1.97. The van der Waals surface area contributed by atoms with Gasteiger partial charge < -0.3 is 10.1 Å². The highest BCUT2D eigenvalue weighted by Gasteiger charge is 2.16. The van der Waals surface area contributed by atoms with Crippen molar-refractivity contribution >= 4 is 5.69 Å². The molecule has 1 aliphatic carbocycles. The summed E-state index contributed by atoms with van der Waals surface area (Å²) in [6.07, 6.45) is 5.38. The molecule has 2 rings (SSSR count). The third kappa shape index (κ3) is 4.35. The minimum atomic E-state index is -0.202. The lowest BCUT2D eigenvalue weighted by molar-refractivity contribution is 0.114. The quantitative estimate of drug-likeness (QED) is 0.733. The minimum Gasteiger partial charge on any atom is -0.383 e. The van der Waals surface area contributed by atoms with Crippen LogP contribution < -0.4 is 5.32 Å². The Hall–Kier alpha value is -1.09. The van der Waals surface area contributed by atoms with Gasteiger partial charge in [0.05, 0.1) is 6.61 Å². The first kappa shape index (κ1) is 12.4. The third-order valence-corrected chi connectivity index (χ3v) is 3.31. The second kappa shape index (κ2) is 6.60. The molecule has 1 fully saturated rings. The zero-order chi connectivity index (χ0) is 11.9. The van der Waals surface area contributed by atoms with E-state index in [0.717, 1.165) is 24.8 Å². The molecule has 0 unspecified atom stereocenters. The number of hydrogen-bond donors (Lipinski definition) is 1. The molecule has 17 heavy (non-hydrogen) atoms. The number of halogens is 1. The summed E-state index contributed by atoms with van der Waals surface area (Å²) >= 11 is 0. The number of nitrogens with one attached hydrogen (secondary N) is 1. The predicted octanol–water partition coefficient (Wildman–Crippen LogP) is 3.44. The molecule has 0 aliphatic heterocycles. The fourth-order valence-electron chi connectivity index (χ4n) is 1.97.